The fourth-order valence-electron chi connectivity index (χ4n) is 2.86. The molecule has 0 radical (unpaired) electrons. The van der Waals surface area contributed by atoms with Crippen LogP contribution in [0.4, 0.5) is 4.79 Å². The van der Waals surface area contributed by atoms with Crippen molar-refractivity contribution in [3.63, 3.8) is 0 Å². The highest BCUT2D eigenvalue weighted by Gasteiger charge is 2.53. The Morgan fingerprint density at radius 1 is 1.05 bits per heavy atom. The minimum Gasteiger partial charge on any atom is -0.481 e. The quantitative estimate of drug-likeness (QED) is 0.539. The van der Waals surface area contributed by atoms with E-state index in [-0.39, 0.29) is 12.5 Å². The first-order valence-corrected chi connectivity index (χ1v) is 7.86. The zero-order chi connectivity index (χ0) is 14.4. The maximum absolute atomic E-state index is 11.6. The first kappa shape index (κ1) is 15.1. The van der Waals surface area contributed by atoms with E-state index in [1.165, 1.54) is 25.7 Å². The van der Waals surface area contributed by atoms with Gasteiger partial charge in [0, 0.05) is 19.5 Å². The molecule has 5 nitrogen and oxygen atoms in total. The van der Waals surface area contributed by atoms with Crippen LogP contribution < -0.4 is 10.6 Å². The number of nitrogens with one attached hydrogen (secondary N) is 2. The highest BCUT2D eigenvalue weighted by Crippen LogP contribution is 2.60. The number of hydrogen-bond donors (Lipinski definition) is 3. The fourth-order valence-corrected chi connectivity index (χ4v) is 2.86. The molecular formula is C15H26N2O3. The van der Waals surface area contributed by atoms with E-state index in [9.17, 15) is 9.59 Å². The molecule has 0 heterocycles. The van der Waals surface area contributed by atoms with Gasteiger partial charge in [-0.1, -0.05) is 12.8 Å². The molecule has 0 aliphatic heterocycles. The average Bonchev–Trinajstić information content (AvgIpc) is 3.27. The Bertz CT molecular complexity index is 349. The molecule has 5 heteroatoms. The summed E-state index contributed by atoms with van der Waals surface area (Å²) in [5.74, 6) is 0.143. The number of carbonyl (C=O) groups excluding carboxylic acids is 1. The van der Waals surface area contributed by atoms with E-state index in [4.69, 9.17) is 5.11 Å². The maximum Gasteiger partial charge on any atom is 0.314 e. The largest absolute Gasteiger partial charge is 0.481 e. The molecule has 2 rings (SSSR count). The Morgan fingerprint density at radius 2 is 1.75 bits per heavy atom. The number of aliphatic carboxylic acids is 1. The summed E-state index contributed by atoms with van der Waals surface area (Å²) in [5, 5.41) is 14.4. The summed E-state index contributed by atoms with van der Waals surface area (Å²) in [4.78, 5) is 22.0. The number of carboxylic acids is 1. The lowest BCUT2D eigenvalue weighted by Crippen LogP contribution is -2.39. The number of rotatable bonds is 10. The molecule has 2 amide bonds. The molecule has 0 unspecified atom stereocenters. The van der Waals surface area contributed by atoms with E-state index in [2.05, 4.69) is 10.6 Å². The molecule has 0 bridgehead atoms. The van der Waals surface area contributed by atoms with Crippen LogP contribution in [0.2, 0.25) is 0 Å². The Labute approximate surface area is 120 Å². The van der Waals surface area contributed by atoms with Gasteiger partial charge in [0.2, 0.25) is 0 Å². The molecule has 2 aliphatic rings. The Morgan fingerprint density at radius 3 is 2.35 bits per heavy atom. The van der Waals surface area contributed by atoms with Crippen LogP contribution >= 0.6 is 0 Å². The van der Waals surface area contributed by atoms with Crippen LogP contribution in [0.15, 0.2) is 0 Å². The number of carbonyl (C=O) groups is 2. The predicted molar refractivity (Wildman–Crippen MR) is 76.5 cm³/mol. The normalized spacial score (nSPS) is 19.4. The SMILES string of the molecule is O=C(O)CCCCCCNC(=O)NCC1(C2CC2)CC1. The molecule has 2 aliphatic carbocycles. The van der Waals surface area contributed by atoms with Gasteiger partial charge in [-0.05, 0) is 49.9 Å². The molecule has 20 heavy (non-hydrogen) atoms. The van der Waals surface area contributed by atoms with Crippen molar-refractivity contribution in [2.45, 2.75) is 57.8 Å². The van der Waals surface area contributed by atoms with Gasteiger partial charge in [0.05, 0.1) is 0 Å². The zero-order valence-corrected chi connectivity index (χ0v) is 12.1. The second-order valence-electron chi connectivity index (χ2n) is 6.30. The molecule has 114 valence electrons. The van der Waals surface area contributed by atoms with Crippen LogP contribution in [-0.2, 0) is 4.79 Å². The summed E-state index contributed by atoms with van der Waals surface area (Å²) in [5.41, 5.74) is 0.453. The van der Waals surface area contributed by atoms with Gasteiger partial charge >= 0.3 is 12.0 Å². The van der Waals surface area contributed by atoms with E-state index in [0.29, 0.717) is 12.0 Å². The molecular weight excluding hydrogens is 256 g/mol. The summed E-state index contributed by atoms with van der Waals surface area (Å²) in [6.07, 6.45) is 9.03. The van der Waals surface area contributed by atoms with Gasteiger partial charge in [-0.15, -0.1) is 0 Å². The molecule has 0 aromatic heterocycles. The summed E-state index contributed by atoms with van der Waals surface area (Å²) >= 11 is 0. The van der Waals surface area contributed by atoms with Crippen LogP contribution in [0.3, 0.4) is 0 Å². The fraction of sp³-hybridized carbons (Fsp3) is 0.867. The molecule has 0 saturated heterocycles. The smallest absolute Gasteiger partial charge is 0.314 e. The van der Waals surface area contributed by atoms with Crippen molar-refractivity contribution in [3.8, 4) is 0 Å². The average molecular weight is 282 g/mol. The van der Waals surface area contributed by atoms with Crippen molar-refractivity contribution < 1.29 is 14.7 Å². The van der Waals surface area contributed by atoms with E-state index >= 15 is 0 Å². The second kappa shape index (κ2) is 6.95. The highest BCUT2D eigenvalue weighted by atomic mass is 16.4. The third kappa shape index (κ3) is 5.02. The van der Waals surface area contributed by atoms with E-state index in [0.717, 1.165) is 38.1 Å². The van der Waals surface area contributed by atoms with Crippen molar-refractivity contribution in [1.29, 1.82) is 0 Å². The van der Waals surface area contributed by atoms with Crippen LogP contribution in [-0.4, -0.2) is 30.2 Å². The van der Waals surface area contributed by atoms with Gasteiger partial charge in [0.15, 0.2) is 0 Å². The lowest BCUT2D eigenvalue weighted by atomic mass is 10.0. The monoisotopic (exact) mass is 282 g/mol. The third-order valence-electron chi connectivity index (χ3n) is 4.54. The summed E-state index contributed by atoms with van der Waals surface area (Å²) in [6, 6.07) is -0.0533. The number of urea groups is 1. The lowest BCUT2D eigenvalue weighted by molar-refractivity contribution is -0.137. The standard InChI is InChI=1S/C15H26N2O3/c18-13(19)5-3-1-2-4-10-16-14(20)17-11-15(8-9-15)12-6-7-12/h12H,1-11H2,(H,18,19)(H2,16,17,20). The molecule has 0 aromatic carbocycles. The number of hydrogen-bond acceptors (Lipinski definition) is 2. The minimum absolute atomic E-state index is 0.0533. The van der Waals surface area contributed by atoms with Crippen molar-refractivity contribution in [2.75, 3.05) is 13.1 Å². The summed E-state index contributed by atoms with van der Waals surface area (Å²) < 4.78 is 0. The maximum atomic E-state index is 11.6. The predicted octanol–water partition coefficient (Wildman–Crippen LogP) is 2.51. The topological polar surface area (TPSA) is 78.4 Å². The highest BCUT2D eigenvalue weighted by molar-refractivity contribution is 5.73. The Balaban J connectivity index is 1.41. The van der Waals surface area contributed by atoms with Gasteiger partial charge in [-0.25, -0.2) is 4.79 Å². The molecule has 0 atom stereocenters. The number of amides is 2. The zero-order valence-electron chi connectivity index (χ0n) is 12.1. The molecule has 3 N–H and O–H groups in total. The van der Waals surface area contributed by atoms with Gasteiger partial charge < -0.3 is 15.7 Å². The van der Waals surface area contributed by atoms with Crippen molar-refractivity contribution in [1.82, 2.24) is 10.6 Å². The third-order valence-corrected chi connectivity index (χ3v) is 4.54. The van der Waals surface area contributed by atoms with Gasteiger partial charge in [0.25, 0.3) is 0 Å². The van der Waals surface area contributed by atoms with Crippen LogP contribution in [0, 0.1) is 11.3 Å². The number of unbranched alkanes of at least 4 members (excludes halogenated alkanes) is 3. The van der Waals surface area contributed by atoms with E-state index in [1.54, 1.807) is 0 Å². The summed E-state index contributed by atoms with van der Waals surface area (Å²) in [7, 11) is 0. The van der Waals surface area contributed by atoms with Crippen LogP contribution in [0.1, 0.15) is 57.8 Å². The number of carboxylic acid groups (broad SMARTS) is 1. The minimum atomic E-state index is -0.729. The first-order valence-electron chi connectivity index (χ1n) is 7.86. The van der Waals surface area contributed by atoms with Crippen molar-refractivity contribution in [3.05, 3.63) is 0 Å². The molecule has 2 fully saturated rings. The molecule has 2 saturated carbocycles. The Hall–Kier alpha value is -1.26. The van der Waals surface area contributed by atoms with Gasteiger partial charge in [-0.3, -0.25) is 4.79 Å². The van der Waals surface area contributed by atoms with E-state index < -0.39 is 5.97 Å². The van der Waals surface area contributed by atoms with Gasteiger partial charge in [0.1, 0.15) is 0 Å². The van der Waals surface area contributed by atoms with Gasteiger partial charge in [-0.2, -0.15) is 0 Å². The van der Waals surface area contributed by atoms with Crippen molar-refractivity contribution in [2.24, 2.45) is 11.3 Å². The lowest BCUT2D eigenvalue weighted by Gasteiger charge is -2.15. The Kier molecular flexibility index (Phi) is 5.26. The first-order chi connectivity index (χ1) is 9.62. The van der Waals surface area contributed by atoms with E-state index in [1.807, 2.05) is 0 Å². The van der Waals surface area contributed by atoms with Crippen LogP contribution in [0.25, 0.3) is 0 Å². The van der Waals surface area contributed by atoms with Crippen molar-refractivity contribution >= 4 is 12.0 Å². The molecule has 0 aromatic rings. The molecule has 0 spiro atoms. The second-order valence-corrected chi connectivity index (χ2v) is 6.30. The van der Waals surface area contributed by atoms with Crippen LogP contribution in [0.5, 0.6) is 0 Å². The summed E-state index contributed by atoms with van der Waals surface area (Å²) in [6.45, 7) is 1.51.